The topological polar surface area (TPSA) is 22.0 Å². The standard InChI is InChI=1S/C21H19NO/c1-3-22-14(2)19(18-10-6-7-11-20(18)22)13-16-12-15-8-4-5-9-17(15)21(16)23/h4-11,13H,3,12H2,1-2H3/b16-13+. The molecular formula is C21H19NO. The summed E-state index contributed by atoms with van der Waals surface area (Å²) in [4.78, 5) is 12.6. The molecule has 0 radical (unpaired) electrons. The highest BCUT2D eigenvalue weighted by Crippen LogP contribution is 2.32. The number of aryl methyl sites for hydroxylation is 1. The number of hydrogen-bond donors (Lipinski definition) is 0. The molecule has 3 aromatic rings. The van der Waals surface area contributed by atoms with E-state index in [0.29, 0.717) is 0 Å². The summed E-state index contributed by atoms with van der Waals surface area (Å²) in [6.07, 6.45) is 2.84. The zero-order chi connectivity index (χ0) is 16.0. The SMILES string of the molecule is CCn1c(C)c(/C=C2\Cc3ccccc3C2=O)c2ccccc21. The van der Waals surface area contributed by atoms with Crippen molar-refractivity contribution in [1.82, 2.24) is 4.57 Å². The van der Waals surface area contributed by atoms with E-state index >= 15 is 0 Å². The van der Waals surface area contributed by atoms with Crippen LogP contribution >= 0.6 is 0 Å². The third-order valence-electron chi connectivity index (χ3n) is 4.85. The smallest absolute Gasteiger partial charge is 0.189 e. The van der Waals surface area contributed by atoms with Gasteiger partial charge in [0.05, 0.1) is 0 Å². The summed E-state index contributed by atoms with van der Waals surface area (Å²) in [5, 5.41) is 1.23. The second kappa shape index (κ2) is 5.24. The first-order valence-corrected chi connectivity index (χ1v) is 8.11. The number of ketones is 1. The summed E-state index contributed by atoms with van der Waals surface area (Å²) < 4.78 is 2.31. The molecule has 0 N–H and O–H groups in total. The summed E-state index contributed by atoms with van der Waals surface area (Å²) in [6, 6.07) is 16.4. The molecule has 0 aliphatic heterocycles. The molecule has 2 aromatic carbocycles. The van der Waals surface area contributed by atoms with Crippen LogP contribution in [0, 0.1) is 6.92 Å². The minimum Gasteiger partial charge on any atom is -0.345 e. The highest BCUT2D eigenvalue weighted by atomic mass is 16.1. The average molecular weight is 301 g/mol. The number of Topliss-reactive ketones (excluding diaryl/α,β-unsaturated/α-hetero) is 1. The number of para-hydroxylation sites is 1. The summed E-state index contributed by atoms with van der Waals surface area (Å²) >= 11 is 0. The first-order chi connectivity index (χ1) is 11.2. The van der Waals surface area contributed by atoms with E-state index in [2.05, 4.69) is 54.8 Å². The Labute approximate surface area is 136 Å². The molecule has 1 aromatic heterocycles. The molecule has 1 aliphatic carbocycles. The molecular weight excluding hydrogens is 282 g/mol. The summed E-state index contributed by atoms with van der Waals surface area (Å²) in [7, 11) is 0. The Balaban J connectivity index is 1.89. The Bertz CT molecular complexity index is 959. The molecule has 1 aliphatic rings. The van der Waals surface area contributed by atoms with Crippen molar-refractivity contribution >= 4 is 22.8 Å². The van der Waals surface area contributed by atoms with Crippen molar-refractivity contribution < 1.29 is 4.79 Å². The maximum absolute atomic E-state index is 12.6. The number of rotatable bonds is 2. The van der Waals surface area contributed by atoms with E-state index in [1.807, 2.05) is 18.2 Å². The maximum atomic E-state index is 12.6. The van der Waals surface area contributed by atoms with E-state index in [1.165, 1.54) is 22.2 Å². The fourth-order valence-electron chi connectivity index (χ4n) is 3.69. The van der Waals surface area contributed by atoms with Crippen LogP contribution < -0.4 is 0 Å². The second-order valence-corrected chi connectivity index (χ2v) is 6.09. The fraction of sp³-hybridized carbons (Fsp3) is 0.190. The number of carbonyl (C=O) groups is 1. The van der Waals surface area contributed by atoms with Gasteiger partial charge in [0.15, 0.2) is 5.78 Å². The zero-order valence-corrected chi connectivity index (χ0v) is 13.5. The van der Waals surface area contributed by atoms with Gasteiger partial charge in [0.1, 0.15) is 0 Å². The first kappa shape index (κ1) is 14.0. The summed E-state index contributed by atoms with van der Waals surface area (Å²) in [5.41, 5.74) is 6.54. The van der Waals surface area contributed by atoms with Gasteiger partial charge in [0.2, 0.25) is 0 Å². The minimum atomic E-state index is 0.174. The van der Waals surface area contributed by atoms with Crippen molar-refractivity contribution in [3.63, 3.8) is 0 Å². The number of benzene rings is 2. The van der Waals surface area contributed by atoms with Crippen molar-refractivity contribution in [1.29, 1.82) is 0 Å². The third-order valence-corrected chi connectivity index (χ3v) is 4.85. The monoisotopic (exact) mass is 301 g/mol. The van der Waals surface area contributed by atoms with Gasteiger partial charge in [-0.15, -0.1) is 0 Å². The highest BCUT2D eigenvalue weighted by molar-refractivity contribution is 6.16. The first-order valence-electron chi connectivity index (χ1n) is 8.11. The van der Waals surface area contributed by atoms with Crippen LogP contribution in [0.5, 0.6) is 0 Å². The normalized spacial score (nSPS) is 15.6. The molecule has 0 amide bonds. The number of carbonyl (C=O) groups excluding carboxylic acids is 1. The Hall–Kier alpha value is -2.61. The molecule has 0 saturated carbocycles. The molecule has 0 atom stereocenters. The van der Waals surface area contributed by atoms with Crippen LogP contribution in [0.1, 0.15) is 34.1 Å². The van der Waals surface area contributed by atoms with Gasteiger partial charge in [-0.25, -0.2) is 0 Å². The van der Waals surface area contributed by atoms with Crippen LogP contribution in [0.25, 0.3) is 17.0 Å². The number of fused-ring (bicyclic) bond motifs is 2. The molecule has 114 valence electrons. The van der Waals surface area contributed by atoms with E-state index in [4.69, 9.17) is 0 Å². The molecule has 2 heteroatoms. The van der Waals surface area contributed by atoms with Crippen LogP contribution in [0.4, 0.5) is 0 Å². The van der Waals surface area contributed by atoms with Crippen LogP contribution in [0.3, 0.4) is 0 Å². The lowest BCUT2D eigenvalue weighted by Crippen LogP contribution is -1.97. The van der Waals surface area contributed by atoms with Crippen molar-refractivity contribution in [2.24, 2.45) is 0 Å². The molecule has 2 nitrogen and oxygen atoms in total. The predicted molar refractivity (Wildman–Crippen MR) is 94.8 cm³/mol. The Morgan fingerprint density at radius 2 is 1.83 bits per heavy atom. The molecule has 4 rings (SSSR count). The van der Waals surface area contributed by atoms with Crippen LogP contribution in [0.2, 0.25) is 0 Å². The predicted octanol–water partition coefficient (Wildman–Crippen LogP) is 4.79. The average Bonchev–Trinajstić information content (AvgIpc) is 3.04. The maximum Gasteiger partial charge on any atom is 0.189 e. The van der Waals surface area contributed by atoms with E-state index in [1.54, 1.807) is 0 Å². The van der Waals surface area contributed by atoms with E-state index in [0.717, 1.165) is 29.7 Å². The van der Waals surface area contributed by atoms with Crippen LogP contribution in [-0.2, 0) is 13.0 Å². The van der Waals surface area contributed by atoms with Gasteiger partial charge in [-0.2, -0.15) is 0 Å². The van der Waals surface area contributed by atoms with Gasteiger partial charge in [-0.05, 0) is 31.6 Å². The number of allylic oxidation sites excluding steroid dienone is 1. The largest absolute Gasteiger partial charge is 0.345 e. The van der Waals surface area contributed by atoms with Gasteiger partial charge < -0.3 is 4.57 Å². The van der Waals surface area contributed by atoms with Crippen LogP contribution in [-0.4, -0.2) is 10.4 Å². The molecule has 0 saturated heterocycles. The van der Waals surface area contributed by atoms with Gasteiger partial charge in [-0.3, -0.25) is 4.79 Å². The molecule has 23 heavy (non-hydrogen) atoms. The highest BCUT2D eigenvalue weighted by Gasteiger charge is 2.24. The Kier molecular flexibility index (Phi) is 3.19. The molecule has 1 heterocycles. The third kappa shape index (κ3) is 2.06. The second-order valence-electron chi connectivity index (χ2n) is 6.09. The number of nitrogens with zero attached hydrogens (tertiary/aromatic N) is 1. The quantitative estimate of drug-likeness (QED) is 0.624. The van der Waals surface area contributed by atoms with E-state index in [-0.39, 0.29) is 5.78 Å². The minimum absolute atomic E-state index is 0.174. The lowest BCUT2D eigenvalue weighted by atomic mass is 10.0. The van der Waals surface area contributed by atoms with Crippen LogP contribution in [0.15, 0.2) is 54.1 Å². The Morgan fingerprint density at radius 1 is 1.09 bits per heavy atom. The molecule has 0 unspecified atom stereocenters. The summed E-state index contributed by atoms with van der Waals surface area (Å²) in [6.45, 7) is 5.24. The number of aromatic nitrogens is 1. The van der Waals surface area contributed by atoms with Crippen molar-refractivity contribution in [2.75, 3.05) is 0 Å². The summed E-state index contributed by atoms with van der Waals surface area (Å²) in [5.74, 6) is 0.174. The van der Waals surface area contributed by atoms with E-state index in [9.17, 15) is 4.79 Å². The van der Waals surface area contributed by atoms with Gasteiger partial charge in [0, 0.05) is 46.3 Å². The van der Waals surface area contributed by atoms with Gasteiger partial charge in [0.25, 0.3) is 0 Å². The van der Waals surface area contributed by atoms with Gasteiger partial charge >= 0.3 is 0 Å². The van der Waals surface area contributed by atoms with E-state index < -0.39 is 0 Å². The molecule has 0 bridgehead atoms. The zero-order valence-electron chi connectivity index (χ0n) is 13.5. The van der Waals surface area contributed by atoms with Crippen molar-refractivity contribution in [3.05, 3.63) is 76.5 Å². The Morgan fingerprint density at radius 3 is 2.61 bits per heavy atom. The number of hydrogen-bond acceptors (Lipinski definition) is 1. The van der Waals surface area contributed by atoms with Gasteiger partial charge in [-0.1, -0.05) is 42.5 Å². The fourth-order valence-corrected chi connectivity index (χ4v) is 3.69. The lowest BCUT2D eigenvalue weighted by molar-refractivity contribution is 0.104. The molecule has 0 spiro atoms. The van der Waals surface area contributed by atoms with Crippen molar-refractivity contribution in [2.45, 2.75) is 26.8 Å². The lowest BCUT2D eigenvalue weighted by Gasteiger charge is -2.03. The van der Waals surface area contributed by atoms with Crippen molar-refractivity contribution in [3.8, 4) is 0 Å². The molecule has 0 fully saturated rings.